The Balaban J connectivity index is 1.83. The second kappa shape index (κ2) is 6.50. The van der Waals surface area contributed by atoms with Gasteiger partial charge in [0.05, 0.1) is 12.1 Å². The highest BCUT2D eigenvalue weighted by Crippen LogP contribution is 2.15. The molecule has 0 aromatic rings. The average Bonchev–Trinajstić information content (AvgIpc) is 2.47. The van der Waals surface area contributed by atoms with Gasteiger partial charge in [0.15, 0.2) is 0 Å². The fraction of sp³-hybridized carbons (Fsp3) is 0.923. The van der Waals surface area contributed by atoms with E-state index in [2.05, 4.69) is 10.2 Å². The standard InChI is InChI=1S/C13H25N3O2/c1-11(15-9-5-14-6-10-15)13(17)16-7-3-12(18-2)4-8-16/h11-12,14H,3-10H2,1-2H3. The SMILES string of the molecule is COC1CCN(C(=O)C(C)N2CCNCC2)CC1. The lowest BCUT2D eigenvalue weighted by molar-refractivity contribution is -0.139. The maximum Gasteiger partial charge on any atom is 0.239 e. The van der Waals surface area contributed by atoms with Crippen LogP contribution >= 0.6 is 0 Å². The molecule has 2 saturated heterocycles. The second-order valence-electron chi connectivity index (χ2n) is 5.22. The number of nitrogens with one attached hydrogen (secondary N) is 1. The zero-order valence-corrected chi connectivity index (χ0v) is 11.5. The number of piperidine rings is 1. The highest BCUT2D eigenvalue weighted by atomic mass is 16.5. The van der Waals surface area contributed by atoms with Crippen molar-refractivity contribution >= 4 is 5.91 Å². The Morgan fingerprint density at radius 3 is 2.39 bits per heavy atom. The minimum absolute atomic E-state index is 0.0196. The van der Waals surface area contributed by atoms with E-state index in [-0.39, 0.29) is 11.9 Å². The predicted molar refractivity (Wildman–Crippen MR) is 70.5 cm³/mol. The van der Waals surface area contributed by atoms with Crippen molar-refractivity contribution in [2.45, 2.75) is 31.9 Å². The van der Waals surface area contributed by atoms with Crippen LogP contribution < -0.4 is 5.32 Å². The van der Waals surface area contributed by atoms with E-state index in [1.54, 1.807) is 7.11 Å². The van der Waals surface area contributed by atoms with Crippen LogP contribution in [0.3, 0.4) is 0 Å². The molecule has 2 heterocycles. The topological polar surface area (TPSA) is 44.8 Å². The number of ether oxygens (including phenoxy) is 1. The molecule has 5 nitrogen and oxygen atoms in total. The van der Waals surface area contributed by atoms with Gasteiger partial charge < -0.3 is 15.0 Å². The molecule has 2 aliphatic rings. The molecule has 1 N–H and O–H groups in total. The van der Waals surface area contributed by atoms with Gasteiger partial charge in [0.2, 0.25) is 5.91 Å². The Labute approximate surface area is 109 Å². The summed E-state index contributed by atoms with van der Waals surface area (Å²) < 4.78 is 5.34. The van der Waals surface area contributed by atoms with Gasteiger partial charge in [-0.1, -0.05) is 0 Å². The number of methoxy groups -OCH3 is 1. The lowest BCUT2D eigenvalue weighted by atomic mass is 10.1. The first-order valence-electron chi connectivity index (χ1n) is 6.98. The van der Waals surface area contributed by atoms with Gasteiger partial charge in [-0.25, -0.2) is 0 Å². The molecule has 2 fully saturated rings. The molecule has 5 heteroatoms. The summed E-state index contributed by atoms with van der Waals surface area (Å²) in [5.74, 6) is 0.284. The van der Waals surface area contributed by atoms with Gasteiger partial charge in [0, 0.05) is 46.4 Å². The van der Waals surface area contributed by atoms with Crippen molar-refractivity contribution in [3.8, 4) is 0 Å². The summed E-state index contributed by atoms with van der Waals surface area (Å²) in [6, 6.07) is 0.0196. The first-order chi connectivity index (χ1) is 8.72. The second-order valence-corrected chi connectivity index (χ2v) is 5.22. The fourth-order valence-corrected chi connectivity index (χ4v) is 2.80. The van der Waals surface area contributed by atoms with E-state index >= 15 is 0 Å². The number of nitrogens with zero attached hydrogens (tertiary/aromatic N) is 2. The predicted octanol–water partition coefficient (Wildman–Crippen LogP) is -0.0825. The summed E-state index contributed by atoms with van der Waals surface area (Å²) >= 11 is 0. The monoisotopic (exact) mass is 255 g/mol. The number of hydrogen-bond donors (Lipinski definition) is 1. The van der Waals surface area contributed by atoms with Crippen molar-refractivity contribution in [3.63, 3.8) is 0 Å². The molecular formula is C13H25N3O2. The van der Waals surface area contributed by atoms with E-state index in [1.807, 2.05) is 11.8 Å². The van der Waals surface area contributed by atoms with E-state index in [1.165, 1.54) is 0 Å². The largest absolute Gasteiger partial charge is 0.381 e. The van der Waals surface area contributed by atoms with E-state index < -0.39 is 0 Å². The Hall–Kier alpha value is -0.650. The zero-order valence-electron chi connectivity index (χ0n) is 11.5. The smallest absolute Gasteiger partial charge is 0.239 e. The lowest BCUT2D eigenvalue weighted by Crippen LogP contribution is -2.54. The zero-order chi connectivity index (χ0) is 13.0. The van der Waals surface area contributed by atoms with Gasteiger partial charge in [0.25, 0.3) is 0 Å². The minimum Gasteiger partial charge on any atom is -0.381 e. The number of amides is 1. The van der Waals surface area contributed by atoms with Crippen molar-refractivity contribution in [1.82, 2.24) is 15.1 Å². The van der Waals surface area contributed by atoms with E-state index in [9.17, 15) is 4.79 Å². The fourth-order valence-electron chi connectivity index (χ4n) is 2.80. The molecule has 104 valence electrons. The number of hydrogen-bond acceptors (Lipinski definition) is 4. The highest BCUT2D eigenvalue weighted by Gasteiger charge is 2.29. The molecule has 0 aliphatic carbocycles. The van der Waals surface area contributed by atoms with Gasteiger partial charge in [-0.05, 0) is 19.8 Å². The summed E-state index contributed by atoms with van der Waals surface area (Å²) in [5, 5.41) is 3.32. The molecule has 2 rings (SSSR count). The number of likely N-dealkylation sites (tertiary alicyclic amines) is 1. The third-order valence-electron chi connectivity index (χ3n) is 4.14. The van der Waals surface area contributed by atoms with Crippen molar-refractivity contribution in [3.05, 3.63) is 0 Å². The summed E-state index contributed by atoms with van der Waals surface area (Å²) in [6.45, 7) is 7.65. The van der Waals surface area contributed by atoms with Gasteiger partial charge in [-0.3, -0.25) is 9.69 Å². The van der Waals surface area contributed by atoms with Crippen molar-refractivity contribution in [2.75, 3.05) is 46.4 Å². The van der Waals surface area contributed by atoms with Crippen LogP contribution in [0.2, 0.25) is 0 Å². The van der Waals surface area contributed by atoms with Crippen LogP contribution in [0.5, 0.6) is 0 Å². The van der Waals surface area contributed by atoms with Gasteiger partial charge in [-0.2, -0.15) is 0 Å². The van der Waals surface area contributed by atoms with Crippen LogP contribution in [0.1, 0.15) is 19.8 Å². The highest BCUT2D eigenvalue weighted by molar-refractivity contribution is 5.81. The van der Waals surface area contributed by atoms with E-state index in [0.29, 0.717) is 6.10 Å². The molecule has 0 aromatic heterocycles. The number of piperazine rings is 1. The molecule has 1 unspecified atom stereocenters. The Morgan fingerprint density at radius 1 is 1.22 bits per heavy atom. The summed E-state index contributed by atoms with van der Waals surface area (Å²) in [6.07, 6.45) is 2.27. The summed E-state index contributed by atoms with van der Waals surface area (Å²) in [7, 11) is 1.76. The van der Waals surface area contributed by atoms with Crippen LogP contribution in [-0.4, -0.2) is 74.2 Å². The van der Waals surface area contributed by atoms with Crippen LogP contribution in [-0.2, 0) is 9.53 Å². The molecule has 2 aliphatic heterocycles. The quantitative estimate of drug-likeness (QED) is 0.766. The van der Waals surface area contributed by atoms with Crippen molar-refractivity contribution < 1.29 is 9.53 Å². The van der Waals surface area contributed by atoms with Gasteiger partial charge in [0.1, 0.15) is 0 Å². The molecule has 1 atom stereocenters. The Kier molecular flexibility index (Phi) is 4.97. The van der Waals surface area contributed by atoms with E-state index in [0.717, 1.165) is 52.1 Å². The molecule has 1 amide bonds. The maximum atomic E-state index is 12.4. The van der Waals surface area contributed by atoms with Crippen LogP contribution in [0.25, 0.3) is 0 Å². The molecule has 0 spiro atoms. The Morgan fingerprint density at radius 2 is 1.83 bits per heavy atom. The molecule has 0 aromatic carbocycles. The average molecular weight is 255 g/mol. The molecule has 18 heavy (non-hydrogen) atoms. The van der Waals surface area contributed by atoms with Crippen molar-refractivity contribution in [2.24, 2.45) is 0 Å². The molecular weight excluding hydrogens is 230 g/mol. The minimum atomic E-state index is 0.0196. The molecule has 0 saturated carbocycles. The van der Waals surface area contributed by atoms with Gasteiger partial charge in [-0.15, -0.1) is 0 Å². The third kappa shape index (κ3) is 3.22. The van der Waals surface area contributed by atoms with Crippen LogP contribution in [0.4, 0.5) is 0 Å². The molecule has 0 bridgehead atoms. The van der Waals surface area contributed by atoms with Crippen LogP contribution in [0, 0.1) is 0 Å². The maximum absolute atomic E-state index is 12.4. The normalized spacial score (nSPS) is 25.1. The summed E-state index contributed by atoms with van der Waals surface area (Å²) in [5.41, 5.74) is 0. The van der Waals surface area contributed by atoms with E-state index in [4.69, 9.17) is 4.74 Å². The van der Waals surface area contributed by atoms with Crippen molar-refractivity contribution in [1.29, 1.82) is 0 Å². The summed E-state index contributed by atoms with van der Waals surface area (Å²) in [4.78, 5) is 16.7. The lowest BCUT2D eigenvalue weighted by Gasteiger charge is -2.37. The first kappa shape index (κ1) is 13.8. The number of rotatable bonds is 3. The van der Waals surface area contributed by atoms with Gasteiger partial charge >= 0.3 is 0 Å². The number of carbonyl (C=O) groups is 1. The third-order valence-corrected chi connectivity index (χ3v) is 4.14. The Bertz CT molecular complexity index is 271. The molecule has 0 radical (unpaired) electrons. The van der Waals surface area contributed by atoms with Crippen LogP contribution in [0.15, 0.2) is 0 Å². The number of carbonyl (C=O) groups excluding carboxylic acids is 1. The first-order valence-corrected chi connectivity index (χ1v) is 6.98.